The SMILES string of the molecule is COC(C)(C)[C@@H](O)C(=O)N1C[C@H]2C[C@H]2[C@H]1C(=O)NCc1cc(Cl)ccc1-n1cnnn1. The summed E-state index contributed by atoms with van der Waals surface area (Å²) in [6.07, 6.45) is 1.00. The number of fused-ring (bicyclic) bond motifs is 1. The number of aromatic nitrogens is 4. The predicted molar refractivity (Wildman–Crippen MR) is 110 cm³/mol. The molecule has 2 N–H and O–H groups in total. The number of carbonyl (C=O) groups is 2. The summed E-state index contributed by atoms with van der Waals surface area (Å²) in [5, 5.41) is 25.1. The van der Waals surface area contributed by atoms with Gasteiger partial charge in [0.25, 0.3) is 5.91 Å². The topological polar surface area (TPSA) is 122 Å². The molecule has 2 fully saturated rings. The van der Waals surface area contributed by atoms with Crippen molar-refractivity contribution in [1.82, 2.24) is 30.4 Å². The predicted octanol–water partition coefficient (Wildman–Crippen LogP) is 0.565. The summed E-state index contributed by atoms with van der Waals surface area (Å²) in [6.45, 7) is 3.93. The van der Waals surface area contributed by atoms with Crippen LogP contribution in [0.5, 0.6) is 0 Å². The summed E-state index contributed by atoms with van der Waals surface area (Å²) in [7, 11) is 1.44. The van der Waals surface area contributed by atoms with E-state index in [0.717, 1.165) is 12.0 Å². The molecule has 2 aliphatic rings. The van der Waals surface area contributed by atoms with E-state index in [1.165, 1.54) is 23.0 Å². The number of piperidine rings is 1. The molecule has 1 aliphatic heterocycles. The number of hydrogen-bond donors (Lipinski definition) is 2. The summed E-state index contributed by atoms with van der Waals surface area (Å²) >= 11 is 6.14. The first-order valence-corrected chi connectivity index (χ1v) is 10.4. The monoisotopic (exact) mass is 448 g/mol. The molecule has 1 saturated heterocycles. The number of nitrogens with one attached hydrogen (secondary N) is 1. The summed E-state index contributed by atoms with van der Waals surface area (Å²) in [5.74, 6) is -0.347. The lowest BCUT2D eigenvalue weighted by molar-refractivity contribution is -0.160. The number of benzene rings is 1. The Morgan fingerprint density at radius 2 is 2.19 bits per heavy atom. The van der Waals surface area contributed by atoms with Crippen molar-refractivity contribution < 1.29 is 19.4 Å². The molecule has 2 amide bonds. The highest BCUT2D eigenvalue weighted by Crippen LogP contribution is 2.50. The van der Waals surface area contributed by atoms with Crippen molar-refractivity contribution in [1.29, 1.82) is 0 Å². The molecule has 1 aromatic heterocycles. The van der Waals surface area contributed by atoms with Crippen molar-refractivity contribution in [2.75, 3.05) is 13.7 Å². The Bertz CT molecular complexity index is 982. The molecule has 2 aromatic rings. The number of likely N-dealkylation sites (tertiary alicyclic amines) is 1. The van der Waals surface area contributed by atoms with Gasteiger partial charge in [0.05, 0.1) is 11.3 Å². The van der Waals surface area contributed by atoms with E-state index in [1.807, 2.05) is 0 Å². The number of tetrazole rings is 1. The minimum absolute atomic E-state index is 0.111. The van der Waals surface area contributed by atoms with Crippen molar-refractivity contribution in [2.24, 2.45) is 11.8 Å². The third-order valence-electron chi connectivity index (χ3n) is 6.21. The zero-order valence-electron chi connectivity index (χ0n) is 17.5. The first-order chi connectivity index (χ1) is 14.7. The molecule has 0 bridgehead atoms. The van der Waals surface area contributed by atoms with Crippen LogP contribution in [0, 0.1) is 11.8 Å². The largest absolute Gasteiger partial charge is 0.380 e. The summed E-state index contributed by atoms with van der Waals surface area (Å²) in [6, 6.07) is 4.61. The number of methoxy groups -OCH3 is 1. The van der Waals surface area contributed by atoms with E-state index in [0.29, 0.717) is 23.2 Å². The number of ether oxygens (including phenoxy) is 1. The van der Waals surface area contributed by atoms with Gasteiger partial charge in [0.1, 0.15) is 12.4 Å². The quantitative estimate of drug-likeness (QED) is 0.634. The minimum atomic E-state index is -1.36. The van der Waals surface area contributed by atoms with Gasteiger partial charge in [0.2, 0.25) is 5.91 Å². The Morgan fingerprint density at radius 1 is 1.42 bits per heavy atom. The van der Waals surface area contributed by atoms with E-state index in [9.17, 15) is 14.7 Å². The van der Waals surface area contributed by atoms with Gasteiger partial charge >= 0.3 is 0 Å². The number of aliphatic hydroxyl groups is 1. The van der Waals surface area contributed by atoms with Crippen LogP contribution in [0.4, 0.5) is 0 Å². The van der Waals surface area contributed by atoms with Crippen molar-refractivity contribution in [2.45, 2.75) is 44.6 Å². The van der Waals surface area contributed by atoms with Crippen LogP contribution in [0.15, 0.2) is 24.5 Å². The van der Waals surface area contributed by atoms with Gasteiger partial charge in [-0.3, -0.25) is 9.59 Å². The molecule has 166 valence electrons. The maximum absolute atomic E-state index is 13.1. The lowest BCUT2D eigenvalue weighted by Crippen LogP contribution is -2.55. The van der Waals surface area contributed by atoms with Gasteiger partial charge in [-0.2, -0.15) is 0 Å². The molecule has 2 heterocycles. The second kappa shape index (κ2) is 8.18. The molecule has 31 heavy (non-hydrogen) atoms. The average Bonchev–Trinajstić information content (AvgIpc) is 3.15. The van der Waals surface area contributed by atoms with Crippen LogP contribution in [0.2, 0.25) is 5.02 Å². The van der Waals surface area contributed by atoms with Crippen LogP contribution < -0.4 is 5.32 Å². The highest BCUT2D eigenvalue weighted by Gasteiger charge is 2.58. The average molecular weight is 449 g/mol. The van der Waals surface area contributed by atoms with E-state index in [4.69, 9.17) is 16.3 Å². The Kier molecular flexibility index (Phi) is 5.71. The number of halogens is 1. The molecule has 0 radical (unpaired) electrons. The maximum atomic E-state index is 13.1. The Balaban J connectivity index is 1.49. The van der Waals surface area contributed by atoms with Gasteiger partial charge in [-0.1, -0.05) is 11.6 Å². The Morgan fingerprint density at radius 3 is 2.87 bits per heavy atom. The minimum Gasteiger partial charge on any atom is -0.380 e. The van der Waals surface area contributed by atoms with Gasteiger partial charge in [-0.05, 0) is 66.3 Å². The zero-order chi connectivity index (χ0) is 22.3. The maximum Gasteiger partial charge on any atom is 0.255 e. The standard InChI is InChI=1S/C20H25ClN6O4/c1-20(2,31-3)17(28)19(30)26-9-12-7-14(12)16(26)18(29)22-8-11-6-13(21)4-5-15(11)27-10-23-24-25-27/h4-6,10,12,14,16-17,28H,7-9H2,1-3H3,(H,22,29)/t12-,14-,16+,17+/m1/s1. The highest BCUT2D eigenvalue weighted by molar-refractivity contribution is 6.30. The molecule has 0 unspecified atom stereocenters. The molecule has 1 saturated carbocycles. The normalized spacial score (nSPS) is 23.4. The fourth-order valence-electron chi connectivity index (χ4n) is 4.07. The summed E-state index contributed by atoms with van der Waals surface area (Å²) in [5.41, 5.74) is 0.374. The molecular weight excluding hydrogens is 424 g/mol. The van der Waals surface area contributed by atoms with E-state index < -0.39 is 23.7 Å². The van der Waals surface area contributed by atoms with E-state index in [-0.39, 0.29) is 18.4 Å². The number of aliphatic hydroxyl groups excluding tert-OH is 1. The first-order valence-electron chi connectivity index (χ1n) is 10.1. The number of hydrogen-bond acceptors (Lipinski definition) is 7. The Labute approximate surface area is 184 Å². The van der Waals surface area contributed by atoms with E-state index in [1.54, 1.807) is 32.0 Å². The smallest absolute Gasteiger partial charge is 0.255 e. The number of rotatable bonds is 7. The summed E-state index contributed by atoms with van der Waals surface area (Å²) < 4.78 is 6.74. The molecule has 4 atom stereocenters. The van der Waals surface area contributed by atoms with Crippen LogP contribution in [-0.2, 0) is 20.9 Å². The van der Waals surface area contributed by atoms with Gasteiger partial charge in [0, 0.05) is 25.2 Å². The number of amides is 2. The van der Waals surface area contributed by atoms with Crippen molar-refractivity contribution in [3.05, 3.63) is 35.1 Å². The van der Waals surface area contributed by atoms with Crippen molar-refractivity contribution in [3.63, 3.8) is 0 Å². The van der Waals surface area contributed by atoms with Crippen LogP contribution in [-0.4, -0.2) is 73.4 Å². The molecule has 11 heteroatoms. The molecule has 0 spiro atoms. The van der Waals surface area contributed by atoms with Crippen LogP contribution in [0.3, 0.4) is 0 Å². The van der Waals surface area contributed by atoms with Gasteiger partial charge in [-0.15, -0.1) is 5.10 Å². The lowest BCUT2D eigenvalue weighted by atomic mass is 9.99. The zero-order valence-corrected chi connectivity index (χ0v) is 18.3. The van der Waals surface area contributed by atoms with Crippen molar-refractivity contribution in [3.8, 4) is 5.69 Å². The fourth-order valence-corrected chi connectivity index (χ4v) is 4.27. The molecule has 4 rings (SSSR count). The van der Waals surface area contributed by atoms with Gasteiger partial charge in [-0.25, -0.2) is 4.68 Å². The third kappa shape index (κ3) is 4.15. The van der Waals surface area contributed by atoms with Crippen molar-refractivity contribution >= 4 is 23.4 Å². The third-order valence-corrected chi connectivity index (χ3v) is 6.45. The molecule has 10 nitrogen and oxygen atoms in total. The lowest BCUT2D eigenvalue weighted by Gasteiger charge is -2.34. The number of nitrogens with zero attached hydrogens (tertiary/aromatic N) is 5. The first kappa shape index (κ1) is 21.7. The fraction of sp³-hybridized carbons (Fsp3) is 0.550. The number of carbonyl (C=O) groups excluding carboxylic acids is 2. The molecule has 1 aromatic carbocycles. The second-order valence-electron chi connectivity index (χ2n) is 8.55. The Hall–Kier alpha value is -2.56. The molecule has 1 aliphatic carbocycles. The van der Waals surface area contributed by atoms with E-state index in [2.05, 4.69) is 20.8 Å². The van der Waals surface area contributed by atoms with Gasteiger partial charge < -0.3 is 20.1 Å². The highest BCUT2D eigenvalue weighted by atomic mass is 35.5. The molecular formula is C20H25ClN6O4. The summed E-state index contributed by atoms with van der Waals surface area (Å²) in [4.78, 5) is 27.5. The van der Waals surface area contributed by atoms with Crippen LogP contribution >= 0.6 is 11.6 Å². The second-order valence-corrected chi connectivity index (χ2v) is 8.99. The van der Waals surface area contributed by atoms with Crippen LogP contribution in [0.1, 0.15) is 25.8 Å². The van der Waals surface area contributed by atoms with E-state index >= 15 is 0 Å². The van der Waals surface area contributed by atoms with Gasteiger partial charge in [0.15, 0.2) is 6.10 Å². The van der Waals surface area contributed by atoms with Crippen LogP contribution in [0.25, 0.3) is 5.69 Å².